The zero-order valence-electron chi connectivity index (χ0n) is 52.5. The summed E-state index contributed by atoms with van der Waals surface area (Å²) in [5.74, 6) is 8.15. The second-order valence-corrected chi connectivity index (χ2v) is 23.4. The molecule has 12 nitrogen and oxygen atoms in total. The highest BCUT2D eigenvalue weighted by molar-refractivity contribution is 5.40. The summed E-state index contributed by atoms with van der Waals surface area (Å²) in [5.41, 5.74) is 3.73. The largest absolute Gasteiger partial charge is 0.491 e. The average molecular weight is 1090 g/mol. The van der Waals surface area contributed by atoms with Crippen LogP contribution in [0.25, 0.3) is 0 Å². The molecule has 0 spiro atoms. The van der Waals surface area contributed by atoms with E-state index in [9.17, 15) is 0 Å². The first-order chi connectivity index (χ1) is 36.6. The number of methoxy groups -OCH3 is 3. The highest BCUT2D eigenvalue weighted by atomic mass is 16.6. The second-order valence-electron chi connectivity index (χ2n) is 23.4. The average Bonchev–Trinajstić information content (AvgIpc) is 3.70. The third kappa shape index (κ3) is 39.9. The predicted molar refractivity (Wildman–Crippen MR) is 315 cm³/mol. The van der Waals surface area contributed by atoms with Crippen LogP contribution in [0.2, 0.25) is 0 Å². The summed E-state index contributed by atoms with van der Waals surface area (Å²) in [7, 11) is 5.09. The molecule has 4 rings (SSSR count). The molecule has 2 fully saturated rings. The van der Waals surface area contributed by atoms with E-state index >= 15 is 0 Å². The first-order valence-corrected chi connectivity index (χ1v) is 30.4. The summed E-state index contributed by atoms with van der Waals surface area (Å²) in [5, 5.41) is 0. The van der Waals surface area contributed by atoms with Crippen LogP contribution in [0.15, 0.2) is 18.2 Å². The summed E-state index contributed by atoms with van der Waals surface area (Å²) in [6.45, 7) is 43.6. The molecule has 1 aromatic carbocycles. The van der Waals surface area contributed by atoms with E-state index in [2.05, 4.69) is 108 Å². The molecule has 12 heteroatoms. The third-order valence-electron chi connectivity index (χ3n) is 14.6. The second kappa shape index (κ2) is 50.5. The Morgan fingerprint density at radius 2 is 0.829 bits per heavy atom. The summed E-state index contributed by atoms with van der Waals surface area (Å²) in [6.07, 6.45) is 15.0. The first-order valence-electron chi connectivity index (χ1n) is 30.4. The van der Waals surface area contributed by atoms with E-state index in [1.165, 1.54) is 50.5 Å². The Labute approximate surface area is 469 Å². The normalized spacial score (nSPS) is 19.5. The summed E-state index contributed by atoms with van der Waals surface area (Å²) < 4.78 is 63.8. The van der Waals surface area contributed by atoms with Gasteiger partial charge in [0.2, 0.25) is 0 Å². The van der Waals surface area contributed by atoms with Crippen molar-refractivity contribution in [1.29, 1.82) is 0 Å². The van der Waals surface area contributed by atoms with Gasteiger partial charge in [0.1, 0.15) is 12.4 Å². The van der Waals surface area contributed by atoms with Gasteiger partial charge in [0.15, 0.2) is 0 Å². The standard InChI is InChI=1S/C30H48O4.C10H22O3.C10H22O2.C8H18O2.C6H14O/c1-22(2)12-14-31-15-16-32-17-18-33-19-20-34-25-7-9-26-24(21-25)6-8-28-27(26)11-13-30(4)23(3)5-10-29(28)30;1-10(2)4-5-12-8-9-13-7-6-11-3;1-4-6-11-8-9-12-7-5-10(2)3;1-8(2)4-5-10-7-6-9-3;1-6(2)4-5-7-3/h7,9,21-23,27-29H,5-6,8,10-20H2,1-4H3;10H,4-9H2,1-3H3;10H,4-9H2,1-3H3;8H,4-7H2,1-3H3;6H,4-5H2,1-3H3/t23-,27+,28+,29-,30+;;;;/m0..../s1. The van der Waals surface area contributed by atoms with E-state index in [4.69, 9.17) is 56.8 Å². The van der Waals surface area contributed by atoms with Crippen LogP contribution in [0.1, 0.15) is 178 Å². The number of fused-ring (bicyclic) bond motifs is 5. The van der Waals surface area contributed by atoms with Crippen molar-refractivity contribution in [3.8, 4) is 5.75 Å². The maximum Gasteiger partial charge on any atom is 0.119 e. The molecular weight excluding hydrogens is 961 g/mol. The van der Waals surface area contributed by atoms with E-state index in [1.54, 1.807) is 26.9 Å². The molecule has 0 amide bonds. The van der Waals surface area contributed by atoms with Gasteiger partial charge in [0, 0.05) is 61.0 Å². The molecule has 5 atom stereocenters. The lowest BCUT2D eigenvalue weighted by Crippen LogP contribution is -2.41. The lowest BCUT2D eigenvalue weighted by Gasteiger charge is -2.50. The Morgan fingerprint density at radius 1 is 0.447 bits per heavy atom. The van der Waals surface area contributed by atoms with Gasteiger partial charge in [-0.3, -0.25) is 0 Å². The molecule has 452 valence electrons. The van der Waals surface area contributed by atoms with Crippen molar-refractivity contribution in [2.75, 3.05) is 153 Å². The smallest absolute Gasteiger partial charge is 0.119 e. The van der Waals surface area contributed by atoms with E-state index in [-0.39, 0.29) is 0 Å². The number of aryl methyl sites for hydroxylation is 1. The molecule has 0 heterocycles. The summed E-state index contributed by atoms with van der Waals surface area (Å²) in [6, 6.07) is 6.87. The fourth-order valence-corrected chi connectivity index (χ4v) is 9.48. The van der Waals surface area contributed by atoms with Gasteiger partial charge in [-0.05, 0) is 159 Å². The number of benzene rings is 1. The van der Waals surface area contributed by atoms with Gasteiger partial charge >= 0.3 is 0 Å². The summed E-state index contributed by atoms with van der Waals surface area (Å²) in [4.78, 5) is 0. The minimum Gasteiger partial charge on any atom is -0.491 e. The van der Waals surface area contributed by atoms with Crippen molar-refractivity contribution in [3.63, 3.8) is 0 Å². The van der Waals surface area contributed by atoms with Crippen LogP contribution in [-0.4, -0.2) is 153 Å². The van der Waals surface area contributed by atoms with Crippen LogP contribution < -0.4 is 4.74 Å². The van der Waals surface area contributed by atoms with Crippen molar-refractivity contribution in [2.24, 2.45) is 52.8 Å². The predicted octanol–water partition coefficient (Wildman–Crippen LogP) is 14.2. The Hall–Kier alpha value is -1.42. The number of hydrogen-bond donors (Lipinski definition) is 0. The molecule has 3 aliphatic carbocycles. The lowest BCUT2D eigenvalue weighted by molar-refractivity contribution is 0.00787. The summed E-state index contributed by atoms with van der Waals surface area (Å²) >= 11 is 0. The third-order valence-corrected chi connectivity index (χ3v) is 14.6. The van der Waals surface area contributed by atoms with Crippen molar-refractivity contribution in [3.05, 3.63) is 29.3 Å². The van der Waals surface area contributed by atoms with Crippen LogP contribution in [0.4, 0.5) is 0 Å². The SMILES string of the molecule is CC(C)CCOCCOCCOCCOc1ccc2c(c1)CC[C@@H]1[C@@H]2CC[C@]2(C)[C@@H](C)CC[C@@H]12.CCCOCCOCCC(C)C.COCCC(C)C.COCCOCCC(C)C.COCCOCCOCCC(C)C. The van der Waals surface area contributed by atoms with Crippen molar-refractivity contribution < 1.29 is 56.8 Å². The molecule has 0 unspecified atom stereocenters. The molecular formula is C64H124O12. The van der Waals surface area contributed by atoms with Crippen LogP contribution in [0.3, 0.4) is 0 Å². The van der Waals surface area contributed by atoms with Crippen molar-refractivity contribution in [1.82, 2.24) is 0 Å². The molecule has 0 radical (unpaired) electrons. The molecule has 0 bridgehead atoms. The van der Waals surface area contributed by atoms with Gasteiger partial charge < -0.3 is 56.8 Å². The van der Waals surface area contributed by atoms with E-state index in [1.807, 2.05) is 0 Å². The van der Waals surface area contributed by atoms with Gasteiger partial charge in [0.25, 0.3) is 0 Å². The van der Waals surface area contributed by atoms with Gasteiger partial charge in [-0.15, -0.1) is 0 Å². The first kappa shape index (κ1) is 74.6. The Kier molecular flexibility index (Phi) is 49.6. The molecule has 0 N–H and O–H groups in total. The van der Waals surface area contributed by atoms with Crippen molar-refractivity contribution in [2.45, 2.75) is 173 Å². The number of rotatable bonds is 39. The number of ether oxygens (including phenoxy) is 12. The Balaban J connectivity index is 0.00000110. The zero-order chi connectivity index (χ0) is 56.7. The monoisotopic (exact) mass is 1080 g/mol. The van der Waals surface area contributed by atoms with Crippen LogP contribution in [0.5, 0.6) is 5.75 Å². The molecule has 3 aliphatic rings. The Morgan fingerprint density at radius 3 is 1.22 bits per heavy atom. The Bertz CT molecular complexity index is 1380. The van der Waals surface area contributed by atoms with Crippen LogP contribution in [0, 0.1) is 52.8 Å². The highest BCUT2D eigenvalue weighted by Crippen LogP contribution is 2.62. The van der Waals surface area contributed by atoms with Gasteiger partial charge in [-0.1, -0.05) is 96.1 Å². The van der Waals surface area contributed by atoms with E-state index in [0.29, 0.717) is 84.0 Å². The maximum absolute atomic E-state index is 6.01. The lowest BCUT2D eigenvalue weighted by atomic mass is 9.54. The topological polar surface area (TPSA) is 111 Å². The van der Waals surface area contributed by atoms with Gasteiger partial charge in [-0.2, -0.15) is 0 Å². The van der Waals surface area contributed by atoms with Crippen LogP contribution in [-0.2, 0) is 58.5 Å². The fourth-order valence-electron chi connectivity index (χ4n) is 9.48. The van der Waals surface area contributed by atoms with Crippen LogP contribution >= 0.6 is 0 Å². The zero-order valence-corrected chi connectivity index (χ0v) is 52.5. The number of hydrogen-bond acceptors (Lipinski definition) is 12. The van der Waals surface area contributed by atoms with Gasteiger partial charge in [0.05, 0.1) is 85.9 Å². The highest BCUT2D eigenvalue weighted by Gasteiger charge is 2.53. The van der Waals surface area contributed by atoms with Crippen molar-refractivity contribution >= 4 is 0 Å². The van der Waals surface area contributed by atoms with E-state index < -0.39 is 0 Å². The molecule has 0 aliphatic heterocycles. The molecule has 2 saturated carbocycles. The quantitative estimate of drug-likeness (QED) is 0.0585. The maximum atomic E-state index is 6.01. The minimum atomic E-state index is 0.585. The molecule has 0 saturated heterocycles. The molecule has 0 aromatic heterocycles. The minimum absolute atomic E-state index is 0.585. The molecule has 76 heavy (non-hydrogen) atoms. The fraction of sp³-hybridized carbons (Fsp3) is 0.906. The van der Waals surface area contributed by atoms with Gasteiger partial charge in [-0.25, -0.2) is 0 Å². The molecule has 1 aromatic rings. The van der Waals surface area contributed by atoms with E-state index in [0.717, 1.165) is 145 Å².